The summed E-state index contributed by atoms with van der Waals surface area (Å²) in [5, 5.41) is 0. The number of esters is 1. The minimum atomic E-state index is -0.104. The lowest BCUT2D eigenvalue weighted by atomic mass is 9.45. The number of hydrogen-bond acceptors (Lipinski definition) is 3. The van der Waals surface area contributed by atoms with Crippen molar-refractivity contribution in [3.8, 4) is 5.75 Å². The Morgan fingerprint density at radius 2 is 1.71 bits per heavy atom. The highest BCUT2D eigenvalue weighted by atomic mass is 16.5. The van der Waals surface area contributed by atoms with Crippen LogP contribution in [0.15, 0.2) is 30.3 Å². The Kier molecular flexibility index (Phi) is 5.22. The van der Waals surface area contributed by atoms with Crippen molar-refractivity contribution >= 4 is 11.5 Å². The molecule has 5 rings (SSSR count). The van der Waals surface area contributed by atoms with E-state index in [-0.39, 0.29) is 17.5 Å². The van der Waals surface area contributed by atoms with Crippen LogP contribution in [0.25, 0.3) is 5.57 Å². The van der Waals surface area contributed by atoms with E-state index in [4.69, 9.17) is 9.47 Å². The summed E-state index contributed by atoms with van der Waals surface area (Å²) in [5.74, 6) is 3.95. The number of benzene rings is 1. The zero-order chi connectivity index (χ0) is 21.8. The van der Waals surface area contributed by atoms with Crippen LogP contribution < -0.4 is 4.74 Å². The standard InChI is InChI=1S/C28H38O3/c1-18(29)31-26-12-11-24-23-10-7-21-17-20(19-5-8-22(30-4)9-6-19)13-15-27(21,2)25(23)14-16-28(24,26)3/h5-6,8-9,13,21,23-26H,7,10-12,14-17H2,1-4H3. The summed E-state index contributed by atoms with van der Waals surface area (Å²) in [6.07, 6.45) is 12.6. The molecule has 0 aliphatic heterocycles. The molecule has 0 radical (unpaired) electrons. The predicted molar refractivity (Wildman–Crippen MR) is 124 cm³/mol. The molecule has 168 valence electrons. The Bertz CT molecular complexity index is 871. The van der Waals surface area contributed by atoms with E-state index in [1.807, 2.05) is 0 Å². The third-order valence-electron chi connectivity index (χ3n) is 10.0. The highest BCUT2D eigenvalue weighted by molar-refractivity contribution is 5.67. The van der Waals surface area contributed by atoms with Crippen LogP contribution in [-0.4, -0.2) is 19.2 Å². The minimum Gasteiger partial charge on any atom is -0.497 e. The number of fused-ring (bicyclic) bond motifs is 5. The highest BCUT2D eigenvalue weighted by Gasteiger charge is 2.60. The zero-order valence-electron chi connectivity index (χ0n) is 19.7. The third-order valence-corrected chi connectivity index (χ3v) is 10.0. The molecule has 7 atom stereocenters. The molecule has 1 aromatic carbocycles. The summed E-state index contributed by atoms with van der Waals surface area (Å²) >= 11 is 0. The summed E-state index contributed by atoms with van der Waals surface area (Å²) in [6.45, 7) is 6.59. The lowest BCUT2D eigenvalue weighted by Crippen LogP contribution is -2.53. The van der Waals surface area contributed by atoms with Gasteiger partial charge in [-0.1, -0.05) is 32.1 Å². The second-order valence-corrected chi connectivity index (χ2v) is 11.2. The first-order valence-corrected chi connectivity index (χ1v) is 12.4. The van der Waals surface area contributed by atoms with Crippen LogP contribution in [0.2, 0.25) is 0 Å². The van der Waals surface area contributed by atoms with E-state index < -0.39 is 0 Å². The summed E-state index contributed by atoms with van der Waals surface area (Å²) in [7, 11) is 1.73. The molecule has 3 fully saturated rings. The highest BCUT2D eigenvalue weighted by Crippen LogP contribution is 2.66. The van der Waals surface area contributed by atoms with Crippen molar-refractivity contribution in [3.05, 3.63) is 35.9 Å². The van der Waals surface area contributed by atoms with Gasteiger partial charge in [-0.3, -0.25) is 4.79 Å². The Labute approximate surface area is 187 Å². The van der Waals surface area contributed by atoms with E-state index >= 15 is 0 Å². The number of hydrogen-bond donors (Lipinski definition) is 0. The van der Waals surface area contributed by atoms with Gasteiger partial charge in [-0.05, 0) is 104 Å². The molecule has 3 heteroatoms. The average Bonchev–Trinajstić information content (AvgIpc) is 3.09. The third kappa shape index (κ3) is 3.34. The van der Waals surface area contributed by atoms with Crippen LogP contribution in [0.3, 0.4) is 0 Å². The van der Waals surface area contributed by atoms with Crippen LogP contribution in [-0.2, 0) is 9.53 Å². The average molecular weight is 423 g/mol. The number of rotatable bonds is 3. The van der Waals surface area contributed by atoms with Crippen molar-refractivity contribution in [1.29, 1.82) is 0 Å². The molecule has 4 aliphatic carbocycles. The van der Waals surface area contributed by atoms with E-state index in [1.165, 1.54) is 56.1 Å². The summed E-state index contributed by atoms with van der Waals surface area (Å²) < 4.78 is 11.2. The van der Waals surface area contributed by atoms with E-state index in [2.05, 4.69) is 44.2 Å². The van der Waals surface area contributed by atoms with Gasteiger partial charge in [0.15, 0.2) is 0 Å². The Balaban J connectivity index is 1.36. The summed E-state index contributed by atoms with van der Waals surface area (Å²) in [6, 6.07) is 8.61. The van der Waals surface area contributed by atoms with Crippen LogP contribution in [0.1, 0.15) is 77.7 Å². The predicted octanol–water partition coefficient (Wildman–Crippen LogP) is 6.66. The molecule has 4 aliphatic rings. The van der Waals surface area contributed by atoms with Gasteiger partial charge in [0.2, 0.25) is 0 Å². The zero-order valence-corrected chi connectivity index (χ0v) is 19.7. The fourth-order valence-electron chi connectivity index (χ4n) is 8.27. The molecule has 7 unspecified atom stereocenters. The van der Waals surface area contributed by atoms with Gasteiger partial charge in [0.1, 0.15) is 11.9 Å². The monoisotopic (exact) mass is 422 g/mol. The Morgan fingerprint density at radius 3 is 2.42 bits per heavy atom. The van der Waals surface area contributed by atoms with Crippen molar-refractivity contribution < 1.29 is 14.3 Å². The van der Waals surface area contributed by atoms with Gasteiger partial charge in [-0.2, -0.15) is 0 Å². The van der Waals surface area contributed by atoms with Crippen LogP contribution in [0.5, 0.6) is 5.75 Å². The van der Waals surface area contributed by atoms with Gasteiger partial charge < -0.3 is 9.47 Å². The minimum absolute atomic E-state index is 0.104. The van der Waals surface area contributed by atoms with Crippen molar-refractivity contribution in [2.45, 2.75) is 78.2 Å². The lowest BCUT2D eigenvalue weighted by Gasteiger charge is -2.60. The van der Waals surface area contributed by atoms with Gasteiger partial charge in [0.05, 0.1) is 7.11 Å². The number of allylic oxidation sites excluding steroid dienone is 2. The molecular formula is C28H38O3. The first kappa shape index (κ1) is 21.1. The van der Waals surface area contributed by atoms with Crippen molar-refractivity contribution in [2.24, 2.45) is 34.5 Å². The maximum Gasteiger partial charge on any atom is 0.302 e. The topological polar surface area (TPSA) is 35.5 Å². The van der Waals surface area contributed by atoms with Gasteiger partial charge in [0.25, 0.3) is 0 Å². The summed E-state index contributed by atoms with van der Waals surface area (Å²) in [5.41, 5.74) is 3.50. The molecule has 0 spiro atoms. The van der Waals surface area contributed by atoms with Gasteiger partial charge in [0, 0.05) is 12.3 Å². The number of methoxy groups -OCH3 is 1. The molecule has 0 heterocycles. The molecule has 1 aromatic rings. The van der Waals surface area contributed by atoms with Gasteiger partial charge in [-0.25, -0.2) is 0 Å². The second kappa shape index (κ2) is 7.67. The Hall–Kier alpha value is -1.77. The van der Waals surface area contributed by atoms with Crippen molar-refractivity contribution in [3.63, 3.8) is 0 Å². The van der Waals surface area contributed by atoms with Gasteiger partial charge in [-0.15, -0.1) is 0 Å². The van der Waals surface area contributed by atoms with E-state index in [9.17, 15) is 4.79 Å². The first-order chi connectivity index (χ1) is 14.8. The van der Waals surface area contributed by atoms with E-state index in [0.29, 0.717) is 5.41 Å². The normalized spacial score (nSPS) is 41.4. The fourth-order valence-corrected chi connectivity index (χ4v) is 8.27. The number of ether oxygens (including phenoxy) is 2. The molecular weight excluding hydrogens is 384 g/mol. The second-order valence-electron chi connectivity index (χ2n) is 11.2. The van der Waals surface area contributed by atoms with E-state index in [1.54, 1.807) is 14.0 Å². The smallest absolute Gasteiger partial charge is 0.302 e. The quantitative estimate of drug-likeness (QED) is 0.511. The molecule has 0 aromatic heterocycles. The maximum atomic E-state index is 11.7. The van der Waals surface area contributed by atoms with Gasteiger partial charge >= 0.3 is 5.97 Å². The summed E-state index contributed by atoms with van der Waals surface area (Å²) in [4.78, 5) is 11.7. The molecule has 3 nitrogen and oxygen atoms in total. The lowest BCUT2D eigenvalue weighted by molar-refractivity contribution is -0.159. The largest absolute Gasteiger partial charge is 0.497 e. The molecule has 3 saturated carbocycles. The van der Waals surface area contributed by atoms with Crippen LogP contribution >= 0.6 is 0 Å². The number of carbonyl (C=O) groups excluding carboxylic acids is 1. The molecule has 0 bridgehead atoms. The SMILES string of the molecule is COc1ccc(C2=CCC3(C)C(CCC4C3CCC3(C)C(OC(C)=O)CCC43)C2)cc1. The van der Waals surface area contributed by atoms with Crippen molar-refractivity contribution in [1.82, 2.24) is 0 Å². The molecule has 0 saturated heterocycles. The van der Waals surface area contributed by atoms with Crippen molar-refractivity contribution in [2.75, 3.05) is 7.11 Å². The molecule has 0 amide bonds. The maximum absolute atomic E-state index is 11.7. The Morgan fingerprint density at radius 1 is 0.968 bits per heavy atom. The van der Waals surface area contributed by atoms with Crippen LogP contribution in [0, 0.1) is 34.5 Å². The molecule has 0 N–H and O–H groups in total. The number of carbonyl (C=O) groups is 1. The first-order valence-electron chi connectivity index (χ1n) is 12.4. The van der Waals surface area contributed by atoms with E-state index in [0.717, 1.165) is 35.8 Å². The van der Waals surface area contributed by atoms with Crippen LogP contribution in [0.4, 0.5) is 0 Å². The molecule has 31 heavy (non-hydrogen) atoms. The fraction of sp³-hybridized carbons (Fsp3) is 0.679.